The van der Waals surface area contributed by atoms with Gasteiger partial charge in [0.05, 0.1) is 29.4 Å². The lowest BCUT2D eigenvalue weighted by molar-refractivity contribution is -0.146. The summed E-state index contributed by atoms with van der Waals surface area (Å²) in [4.78, 5) is 28.7. The average molecular weight is 605 g/mol. The van der Waals surface area contributed by atoms with Crippen LogP contribution in [0.5, 0.6) is 0 Å². The molecule has 4 unspecified atom stereocenters. The van der Waals surface area contributed by atoms with E-state index in [-0.39, 0.29) is 54.8 Å². The predicted octanol–water partition coefficient (Wildman–Crippen LogP) is 5.43. The molecule has 2 amide bonds. The number of nitrogens with zero attached hydrogens (tertiary/aromatic N) is 2. The van der Waals surface area contributed by atoms with Crippen molar-refractivity contribution in [3.05, 3.63) is 71.0 Å². The maximum atomic E-state index is 13.1. The van der Waals surface area contributed by atoms with Crippen LogP contribution in [0.25, 0.3) is 0 Å². The zero-order valence-electron chi connectivity index (χ0n) is 22.7. The number of rotatable bonds is 4. The number of fused-ring (bicyclic) bond motifs is 1. The fourth-order valence-electron chi connectivity index (χ4n) is 5.57. The van der Waals surface area contributed by atoms with E-state index in [2.05, 4.69) is 0 Å². The molecule has 0 bridgehead atoms. The van der Waals surface area contributed by atoms with E-state index in [1.54, 1.807) is 34.9 Å². The van der Waals surface area contributed by atoms with Crippen molar-refractivity contribution in [1.29, 1.82) is 0 Å². The highest BCUT2D eigenvalue weighted by Gasteiger charge is 2.46. The van der Waals surface area contributed by atoms with Gasteiger partial charge in [-0.1, -0.05) is 18.2 Å². The Morgan fingerprint density at radius 1 is 1.02 bits per heavy atom. The number of aliphatic hydroxyl groups is 1. The van der Waals surface area contributed by atoms with Crippen LogP contribution in [0.1, 0.15) is 49.3 Å². The van der Waals surface area contributed by atoms with Gasteiger partial charge in [0, 0.05) is 38.0 Å². The molecule has 3 saturated heterocycles. The quantitative estimate of drug-likeness (QED) is 0.473. The van der Waals surface area contributed by atoms with Crippen molar-refractivity contribution in [2.45, 2.75) is 69.3 Å². The second kappa shape index (κ2) is 12.2. The molecule has 2 aromatic rings. The number of ether oxygens (including phenoxy) is 1. The lowest BCUT2D eigenvalue weighted by Crippen LogP contribution is -2.47. The van der Waals surface area contributed by atoms with Crippen LogP contribution in [-0.2, 0) is 33.3 Å². The van der Waals surface area contributed by atoms with Crippen LogP contribution in [0.2, 0.25) is 0 Å². The topological polar surface area (TPSA) is 70.1 Å². The number of carbonyl (C=O) groups is 2. The van der Waals surface area contributed by atoms with E-state index in [9.17, 15) is 45.4 Å². The number of amides is 2. The number of hydrogen-bond acceptors (Lipinski definition) is 4. The van der Waals surface area contributed by atoms with E-state index >= 15 is 0 Å². The van der Waals surface area contributed by atoms with E-state index in [0.29, 0.717) is 37.9 Å². The molecule has 3 aliphatic rings. The fraction of sp³-hybridized carbons (Fsp3) is 0.517. The molecule has 0 saturated carbocycles. The van der Waals surface area contributed by atoms with Gasteiger partial charge in [0.2, 0.25) is 11.8 Å². The van der Waals surface area contributed by atoms with Gasteiger partial charge in [-0.15, -0.1) is 0 Å². The van der Waals surface area contributed by atoms with Crippen molar-refractivity contribution in [3.8, 4) is 0 Å². The molecule has 2 aromatic carbocycles. The molecule has 13 heteroatoms. The zero-order chi connectivity index (χ0) is 30.9. The molecule has 230 valence electrons. The van der Waals surface area contributed by atoms with E-state index in [4.69, 9.17) is 4.74 Å². The minimum Gasteiger partial charge on any atom is -0.388 e. The van der Waals surface area contributed by atoms with E-state index < -0.39 is 47.7 Å². The first-order valence-electron chi connectivity index (χ1n) is 13.4. The smallest absolute Gasteiger partial charge is 0.388 e. The van der Waals surface area contributed by atoms with Crippen molar-refractivity contribution in [3.63, 3.8) is 0 Å². The largest absolute Gasteiger partial charge is 0.416 e. The molecule has 0 spiro atoms. The number of alkyl halides is 6. The lowest BCUT2D eigenvalue weighted by atomic mass is 9.89. The first-order valence-corrected chi connectivity index (χ1v) is 13.4. The van der Waals surface area contributed by atoms with E-state index in [1.165, 1.54) is 12.1 Å². The third kappa shape index (κ3) is 8.00. The summed E-state index contributed by atoms with van der Waals surface area (Å²) in [7, 11) is 0. The summed E-state index contributed by atoms with van der Waals surface area (Å²) in [6.45, 7) is 1.95. The van der Waals surface area contributed by atoms with Crippen LogP contribution in [0.4, 0.5) is 30.7 Å². The number of hydrogen-bond donors (Lipinski definition) is 1. The Hall–Kier alpha value is -3.19. The van der Waals surface area contributed by atoms with Gasteiger partial charge >= 0.3 is 12.4 Å². The van der Waals surface area contributed by atoms with Crippen molar-refractivity contribution < 1.29 is 50.2 Å². The zero-order valence-corrected chi connectivity index (χ0v) is 22.7. The Labute approximate surface area is 238 Å². The Morgan fingerprint density at radius 3 is 2.14 bits per heavy atom. The number of benzene rings is 2. The molecule has 3 aliphatic heterocycles. The molecular formula is C29H31F7N2O4. The number of β-amino-alcohol motifs (C(OH)–C–C–N with tert-alkyl or cyclic N) is 1. The monoisotopic (exact) mass is 604 g/mol. The third-order valence-electron chi connectivity index (χ3n) is 7.65. The van der Waals surface area contributed by atoms with E-state index in [0.717, 1.165) is 0 Å². The van der Waals surface area contributed by atoms with Crippen molar-refractivity contribution >= 4 is 11.8 Å². The average Bonchev–Trinajstić information content (AvgIpc) is 3.49. The second-order valence-corrected chi connectivity index (χ2v) is 11.2. The van der Waals surface area contributed by atoms with Gasteiger partial charge in [0.1, 0.15) is 5.82 Å². The standard InChI is InChI=1S/C23H26F6N2O4.C6H5F/c1-21(34)2-3-30(12-21)20(33)14-6-17-9-18(10-31(17)19(32)7-14)35-11-13-4-15(22(24,25)26)8-16(5-13)23(27,28)29;7-6-4-2-1-3-5-6/h4-5,8,14,17-18,34H,2-3,6-7,9-12H2,1H3;1-5H. The molecule has 0 aromatic heterocycles. The fourth-order valence-corrected chi connectivity index (χ4v) is 5.57. The van der Waals surface area contributed by atoms with Gasteiger partial charge in [0.15, 0.2) is 0 Å². The maximum Gasteiger partial charge on any atom is 0.416 e. The second-order valence-electron chi connectivity index (χ2n) is 11.2. The van der Waals surface area contributed by atoms with Crippen LogP contribution in [0.3, 0.4) is 0 Å². The molecule has 3 heterocycles. The van der Waals surface area contributed by atoms with Crippen LogP contribution < -0.4 is 0 Å². The third-order valence-corrected chi connectivity index (χ3v) is 7.65. The summed E-state index contributed by atoms with van der Waals surface area (Å²) in [5, 5.41) is 10.1. The molecule has 42 heavy (non-hydrogen) atoms. The molecule has 0 aliphatic carbocycles. The van der Waals surface area contributed by atoms with Crippen molar-refractivity contribution in [2.24, 2.45) is 5.92 Å². The predicted molar refractivity (Wildman–Crippen MR) is 136 cm³/mol. The summed E-state index contributed by atoms with van der Waals surface area (Å²) in [5.41, 5.74) is -4.04. The highest BCUT2D eigenvalue weighted by Crippen LogP contribution is 2.38. The Balaban J connectivity index is 0.000000507. The van der Waals surface area contributed by atoms with Crippen LogP contribution in [0.15, 0.2) is 48.5 Å². The van der Waals surface area contributed by atoms with Crippen molar-refractivity contribution in [2.75, 3.05) is 19.6 Å². The minimum absolute atomic E-state index is 0.0171. The highest BCUT2D eigenvalue weighted by atomic mass is 19.4. The van der Waals surface area contributed by atoms with Gasteiger partial charge in [0.25, 0.3) is 0 Å². The Morgan fingerprint density at radius 2 is 1.64 bits per heavy atom. The van der Waals surface area contributed by atoms with Crippen LogP contribution >= 0.6 is 0 Å². The molecule has 4 atom stereocenters. The molecule has 1 N–H and O–H groups in total. The van der Waals surface area contributed by atoms with Crippen molar-refractivity contribution in [1.82, 2.24) is 9.80 Å². The Bertz CT molecular complexity index is 1230. The summed E-state index contributed by atoms with van der Waals surface area (Å²) in [5.74, 6) is -1.14. The van der Waals surface area contributed by atoms with Crippen LogP contribution in [-0.4, -0.2) is 64.1 Å². The molecular weight excluding hydrogens is 573 g/mol. The van der Waals surface area contributed by atoms with Gasteiger partial charge in [-0.25, -0.2) is 4.39 Å². The number of halogens is 7. The van der Waals surface area contributed by atoms with Crippen LogP contribution in [0, 0.1) is 11.7 Å². The SMILES string of the molecule is CC1(O)CCN(C(=O)C2CC(=O)N3CC(OCc4cc(C(F)(F)F)cc(C(F)(F)F)c4)CC3C2)C1.Fc1ccccc1. The summed E-state index contributed by atoms with van der Waals surface area (Å²) >= 11 is 0. The first-order chi connectivity index (χ1) is 19.5. The molecule has 3 fully saturated rings. The summed E-state index contributed by atoms with van der Waals surface area (Å²) < 4.78 is 96.0. The first kappa shape index (κ1) is 31.7. The number of carbonyl (C=O) groups excluding carboxylic acids is 2. The minimum atomic E-state index is -4.94. The molecule has 0 radical (unpaired) electrons. The molecule has 5 rings (SSSR count). The normalized spacial score (nSPS) is 26.1. The summed E-state index contributed by atoms with van der Waals surface area (Å²) in [6, 6.07) is 8.96. The van der Waals surface area contributed by atoms with Gasteiger partial charge < -0.3 is 19.6 Å². The summed E-state index contributed by atoms with van der Waals surface area (Å²) in [6.07, 6.45) is -9.26. The Kier molecular flexibility index (Phi) is 9.22. The maximum absolute atomic E-state index is 13.1. The highest BCUT2D eigenvalue weighted by molar-refractivity contribution is 5.87. The van der Waals surface area contributed by atoms with Gasteiger partial charge in [-0.3, -0.25) is 9.59 Å². The lowest BCUT2D eigenvalue weighted by Gasteiger charge is -2.35. The number of likely N-dealkylation sites (tertiary alicyclic amines) is 1. The number of piperidine rings is 1. The molecule has 6 nitrogen and oxygen atoms in total. The van der Waals surface area contributed by atoms with E-state index in [1.807, 2.05) is 0 Å². The van der Waals surface area contributed by atoms with Gasteiger partial charge in [-0.2, -0.15) is 26.3 Å². The van der Waals surface area contributed by atoms with Gasteiger partial charge in [-0.05, 0) is 62.1 Å².